The molecule has 0 aromatic heterocycles. The van der Waals surface area contributed by atoms with Crippen LogP contribution in [0.1, 0.15) is 11.1 Å². The molecule has 0 radical (unpaired) electrons. The van der Waals surface area contributed by atoms with E-state index in [1.165, 1.54) is 20.1 Å². The number of nitrogens with zero attached hydrogens (tertiary/aromatic N) is 1. The lowest BCUT2D eigenvalue weighted by Gasteiger charge is -2.09. The fourth-order valence-corrected chi connectivity index (χ4v) is 1.19. The van der Waals surface area contributed by atoms with Crippen LogP contribution in [-0.4, -0.2) is 19.6 Å². The summed E-state index contributed by atoms with van der Waals surface area (Å²) in [6.07, 6.45) is 0. The highest BCUT2D eigenvalue weighted by Gasteiger charge is 2.09. The normalized spacial score (nSPS) is 9.62. The standard InChI is InChI=1S/C11H11FN2O2/c1-7-9(12)3-8(5-13)4-10(7)14-11(15)6-16-2/h3-4H,6H2,1-2H3,(H,14,15). The third-order valence-corrected chi connectivity index (χ3v) is 2.02. The molecule has 0 spiro atoms. The zero-order chi connectivity index (χ0) is 12.1. The highest BCUT2D eigenvalue weighted by atomic mass is 19.1. The summed E-state index contributed by atoms with van der Waals surface area (Å²) in [7, 11) is 1.39. The van der Waals surface area contributed by atoms with Crippen molar-refractivity contribution in [2.45, 2.75) is 6.92 Å². The van der Waals surface area contributed by atoms with Crippen molar-refractivity contribution < 1.29 is 13.9 Å². The number of methoxy groups -OCH3 is 1. The lowest BCUT2D eigenvalue weighted by molar-refractivity contribution is -0.119. The summed E-state index contributed by atoms with van der Waals surface area (Å²) in [4.78, 5) is 11.2. The average molecular weight is 222 g/mol. The second-order valence-electron chi connectivity index (χ2n) is 3.22. The van der Waals surface area contributed by atoms with Gasteiger partial charge in [0.15, 0.2) is 0 Å². The van der Waals surface area contributed by atoms with Gasteiger partial charge in [0.25, 0.3) is 0 Å². The van der Waals surface area contributed by atoms with Gasteiger partial charge in [-0.15, -0.1) is 0 Å². The monoisotopic (exact) mass is 222 g/mol. The lowest BCUT2D eigenvalue weighted by atomic mass is 10.1. The molecule has 1 N–H and O–H groups in total. The number of nitrogens with one attached hydrogen (secondary N) is 1. The molecule has 0 aliphatic carbocycles. The van der Waals surface area contributed by atoms with Crippen molar-refractivity contribution in [1.82, 2.24) is 0 Å². The molecule has 16 heavy (non-hydrogen) atoms. The molecule has 0 saturated heterocycles. The minimum atomic E-state index is -0.522. The zero-order valence-electron chi connectivity index (χ0n) is 9.00. The molecule has 84 valence electrons. The van der Waals surface area contributed by atoms with E-state index < -0.39 is 5.82 Å². The summed E-state index contributed by atoms with van der Waals surface area (Å²) in [5, 5.41) is 11.1. The molecule has 4 nitrogen and oxygen atoms in total. The molecule has 1 aromatic rings. The van der Waals surface area contributed by atoms with E-state index in [1.807, 2.05) is 6.07 Å². The van der Waals surface area contributed by atoms with Crippen molar-refractivity contribution in [3.05, 3.63) is 29.1 Å². The first-order chi connectivity index (χ1) is 7.58. The predicted molar refractivity (Wildman–Crippen MR) is 56.4 cm³/mol. The molecule has 0 heterocycles. The van der Waals surface area contributed by atoms with Gasteiger partial charge in [0.05, 0.1) is 11.6 Å². The number of hydrogen-bond donors (Lipinski definition) is 1. The number of rotatable bonds is 3. The smallest absolute Gasteiger partial charge is 0.250 e. The first-order valence-corrected chi connectivity index (χ1v) is 4.57. The van der Waals surface area contributed by atoms with Gasteiger partial charge in [-0.25, -0.2) is 4.39 Å². The fourth-order valence-electron chi connectivity index (χ4n) is 1.19. The van der Waals surface area contributed by atoms with Crippen molar-refractivity contribution in [2.75, 3.05) is 19.0 Å². The number of carbonyl (C=O) groups is 1. The number of hydrogen-bond acceptors (Lipinski definition) is 3. The second kappa shape index (κ2) is 5.24. The van der Waals surface area contributed by atoms with Crippen molar-refractivity contribution in [1.29, 1.82) is 5.26 Å². The van der Waals surface area contributed by atoms with Gasteiger partial charge >= 0.3 is 0 Å². The molecular formula is C11H11FN2O2. The minimum absolute atomic E-state index is 0.113. The molecule has 5 heteroatoms. The van der Waals surface area contributed by atoms with E-state index in [2.05, 4.69) is 10.1 Å². The minimum Gasteiger partial charge on any atom is -0.375 e. The first-order valence-electron chi connectivity index (χ1n) is 4.57. The molecule has 0 aliphatic heterocycles. The van der Waals surface area contributed by atoms with Crippen LogP contribution in [0.5, 0.6) is 0 Å². The highest BCUT2D eigenvalue weighted by Crippen LogP contribution is 2.20. The highest BCUT2D eigenvalue weighted by molar-refractivity contribution is 5.92. The Balaban J connectivity index is 3.00. The Morgan fingerprint density at radius 1 is 1.62 bits per heavy atom. The van der Waals surface area contributed by atoms with Gasteiger partial charge in [0, 0.05) is 18.4 Å². The summed E-state index contributed by atoms with van der Waals surface area (Å²) in [6.45, 7) is 1.41. The van der Waals surface area contributed by atoms with Gasteiger partial charge in [-0.2, -0.15) is 5.26 Å². The molecular weight excluding hydrogens is 211 g/mol. The Bertz CT molecular complexity index is 452. The van der Waals surface area contributed by atoms with E-state index in [9.17, 15) is 9.18 Å². The van der Waals surface area contributed by atoms with Gasteiger partial charge in [0.1, 0.15) is 12.4 Å². The quantitative estimate of drug-likeness (QED) is 0.844. The molecule has 0 unspecified atom stereocenters. The molecule has 1 rings (SSSR count). The maximum Gasteiger partial charge on any atom is 0.250 e. The van der Waals surface area contributed by atoms with E-state index in [0.29, 0.717) is 11.3 Å². The van der Waals surface area contributed by atoms with Crippen molar-refractivity contribution in [3.8, 4) is 6.07 Å². The Morgan fingerprint density at radius 3 is 2.88 bits per heavy atom. The Morgan fingerprint density at radius 2 is 2.31 bits per heavy atom. The van der Waals surface area contributed by atoms with Crippen LogP contribution in [0.25, 0.3) is 0 Å². The van der Waals surface area contributed by atoms with Gasteiger partial charge in [-0.05, 0) is 19.1 Å². The van der Waals surface area contributed by atoms with Gasteiger partial charge < -0.3 is 10.1 Å². The van der Waals surface area contributed by atoms with Crippen LogP contribution in [0.3, 0.4) is 0 Å². The number of amides is 1. The molecule has 1 aromatic carbocycles. The predicted octanol–water partition coefficient (Wildman–Crippen LogP) is 1.59. The molecule has 0 bridgehead atoms. The SMILES string of the molecule is COCC(=O)Nc1cc(C#N)cc(F)c1C. The van der Waals surface area contributed by atoms with Crippen LogP contribution in [0.4, 0.5) is 10.1 Å². The van der Waals surface area contributed by atoms with Gasteiger partial charge in [-0.1, -0.05) is 0 Å². The maximum absolute atomic E-state index is 13.3. The number of nitriles is 1. The summed E-state index contributed by atoms with van der Waals surface area (Å²) in [5.41, 5.74) is 0.748. The van der Waals surface area contributed by atoms with Crippen LogP contribution in [0, 0.1) is 24.1 Å². The largest absolute Gasteiger partial charge is 0.375 e. The van der Waals surface area contributed by atoms with E-state index in [4.69, 9.17) is 5.26 Å². The Kier molecular flexibility index (Phi) is 3.97. The summed E-state index contributed by atoms with van der Waals surface area (Å²) < 4.78 is 18.0. The van der Waals surface area contributed by atoms with E-state index in [0.717, 1.165) is 6.07 Å². The maximum atomic E-state index is 13.3. The van der Waals surface area contributed by atoms with Crippen molar-refractivity contribution in [3.63, 3.8) is 0 Å². The number of benzene rings is 1. The molecule has 0 atom stereocenters. The van der Waals surface area contributed by atoms with E-state index in [-0.39, 0.29) is 18.1 Å². The molecule has 1 amide bonds. The van der Waals surface area contributed by atoms with Gasteiger partial charge in [0.2, 0.25) is 5.91 Å². The van der Waals surface area contributed by atoms with E-state index in [1.54, 1.807) is 0 Å². The molecule has 0 aliphatic rings. The molecule has 0 saturated carbocycles. The number of ether oxygens (including phenoxy) is 1. The Labute approximate surface area is 92.6 Å². The first kappa shape index (κ1) is 12.1. The van der Waals surface area contributed by atoms with Gasteiger partial charge in [-0.3, -0.25) is 4.79 Å². The number of halogens is 1. The lowest BCUT2D eigenvalue weighted by Crippen LogP contribution is -2.18. The second-order valence-corrected chi connectivity index (χ2v) is 3.22. The fraction of sp³-hybridized carbons (Fsp3) is 0.273. The van der Waals surface area contributed by atoms with Crippen LogP contribution in [-0.2, 0) is 9.53 Å². The van der Waals surface area contributed by atoms with E-state index >= 15 is 0 Å². The van der Waals surface area contributed by atoms with Crippen LogP contribution >= 0.6 is 0 Å². The Hall–Kier alpha value is -1.93. The summed E-state index contributed by atoms with van der Waals surface area (Å²) >= 11 is 0. The summed E-state index contributed by atoms with van der Waals surface area (Å²) in [5.74, 6) is -0.910. The third-order valence-electron chi connectivity index (χ3n) is 2.02. The van der Waals surface area contributed by atoms with Crippen LogP contribution in [0.2, 0.25) is 0 Å². The number of carbonyl (C=O) groups excluding carboxylic acids is 1. The van der Waals surface area contributed by atoms with Crippen LogP contribution < -0.4 is 5.32 Å². The van der Waals surface area contributed by atoms with Crippen LogP contribution in [0.15, 0.2) is 12.1 Å². The zero-order valence-corrected chi connectivity index (χ0v) is 9.00. The molecule has 0 fully saturated rings. The topological polar surface area (TPSA) is 62.1 Å². The van der Waals surface area contributed by atoms with Crippen molar-refractivity contribution >= 4 is 11.6 Å². The average Bonchev–Trinajstić information content (AvgIpc) is 2.24. The summed E-state index contributed by atoms with van der Waals surface area (Å²) in [6, 6.07) is 4.37. The number of anilines is 1. The van der Waals surface area contributed by atoms with Crippen molar-refractivity contribution in [2.24, 2.45) is 0 Å². The third kappa shape index (κ3) is 2.78.